The second kappa shape index (κ2) is 9.07. The SMILES string of the molecule is CC1CCCC(O)(OC2CC([n+]3nn(-c4cc(F)c(F)cc4C4CC4)c4c(N)nc(Cl)nc43)CC2O)C1. The number of ether oxygens (including phenoxy) is 1. The zero-order chi connectivity index (χ0) is 26.1. The molecule has 2 aromatic heterocycles. The van der Waals surface area contributed by atoms with E-state index in [1.807, 2.05) is 0 Å². The molecule has 0 amide bonds. The van der Waals surface area contributed by atoms with Crippen LogP contribution in [-0.4, -0.2) is 48.1 Å². The Morgan fingerprint density at radius 3 is 2.68 bits per heavy atom. The Morgan fingerprint density at radius 2 is 1.95 bits per heavy atom. The van der Waals surface area contributed by atoms with Gasteiger partial charge in [-0.1, -0.05) is 18.3 Å². The van der Waals surface area contributed by atoms with Crippen LogP contribution in [0.15, 0.2) is 12.1 Å². The van der Waals surface area contributed by atoms with Gasteiger partial charge in [-0.3, -0.25) is 0 Å². The number of hydrogen-bond donors (Lipinski definition) is 3. The van der Waals surface area contributed by atoms with E-state index in [1.165, 1.54) is 10.7 Å². The van der Waals surface area contributed by atoms with Gasteiger partial charge in [0.15, 0.2) is 23.2 Å². The number of aliphatic hydroxyl groups is 2. The van der Waals surface area contributed by atoms with Crippen molar-refractivity contribution in [1.29, 1.82) is 0 Å². The zero-order valence-electron chi connectivity index (χ0n) is 20.4. The molecule has 37 heavy (non-hydrogen) atoms. The third-order valence-corrected chi connectivity index (χ3v) is 8.06. The van der Waals surface area contributed by atoms with Crippen molar-refractivity contribution in [2.75, 3.05) is 5.73 Å². The first-order valence-electron chi connectivity index (χ1n) is 12.8. The van der Waals surface area contributed by atoms with E-state index in [0.29, 0.717) is 54.0 Å². The van der Waals surface area contributed by atoms with Crippen molar-refractivity contribution in [3.63, 3.8) is 0 Å². The normalized spacial score (nSPS) is 30.3. The Hall–Kier alpha value is -2.47. The van der Waals surface area contributed by atoms with Crippen LogP contribution in [0.2, 0.25) is 5.28 Å². The van der Waals surface area contributed by atoms with E-state index in [0.717, 1.165) is 31.7 Å². The highest BCUT2D eigenvalue weighted by molar-refractivity contribution is 6.28. The lowest BCUT2D eigenvalue weighted by molar-refractivity contribution is -0.757. The predicted octanol–water partition coefficient (Wildman–Crippen LogP) is 3.47. The number of fused-ring (bicyclic) bond motifs is 1. The summed E-state index contributed by atoms with van der Waals surface area (Å²) in [6.07, 6.45) is 3.89. The molecule has 0 bridgehead atoms. The molecule has 6 rings (SSSR count). The molecule has 0 spiro atoms. The highest BCUT2D eigenvalue weighted by Crippen LogP contribution is 2.44. The number of nitrogens with zero attached hydrogens (tertiary/aromatic N) is 5. The van der Waals surface area contributed by atoms with E-state index in [2.05, 4.69) is 16.9 Å². The van der Waals surface area contributed by atoms with Gasteiger partial charge in [-0.05, 0) is 54.3 Å². The van der Waals surface area contributed by atoms with Crippen molar-refractivity contribution in [2.45, 2.75) is 88.2 Å². The maximum Gasteiger partial charge on any atom is 0.330 e. The molecule has 198 valence electrons. The van der Waals surface area contributed by atoms with Crippen LogP contribution in [0, 0.1) is 17.6 Å². The van der Waals surface area contributed by atoms with Gasteiger partial charge in [-0.25, -0.2) is 8.78 Å². The van der Waals surface area contributed by atoms with Gasteiger partial charge in [0, 0.05) is 37.0 Å². The third-order valence-electron chi connectivity index (χ3n) is 7.89. The van der Waals surface area contributed by atoms with Crippen molar-refractivity contribution in [1.82, 2.24) is 19.9 Å². The number of halogens is 3. The number of hydrogen-bond acceptors (Lipinski definition) is 7. The van der Waals surface area contributed by atoms with Crippen molar-refractivity contribution in [2.24, 2.45) is 5.92 Å². The fourth-order valence-electron chi connectivity index (χ4n) is 5.99. The fraction of sp³-hybridized carbons (Fsp3) is 0.600. The summed E-state index contributed by atoms with van der Waals surface area (Å²) in [4.78, 5) is 8.43. The van der Waals surface area contributed by atoms with Crippen LogP contribution in [0.5, 0.6) is 0 Å². The topological polar surface area (TPSA) is 123 Å². The Kier molecular flexibility index (Phi) is 6.09. The van der Waals surface area contributed by atoms with E-state index in [-0.39, 0.29) is 23.1 Å². The molecule has 2 heterocycles. The van der Waals surface area contributed by atoms with Crippen molar-refractivity contribution < 1.29 is 28.4 Å². The average Bonchev–Trinajstić information content (AvgIpc) is 3.51. The van der Waals surface area contributed by atoms with Gasteiger partial charge in [0.1, 0.15) is 11.7 Å². The number of anilines is 1. The number of nitrogen functional groups attached to an aromatic ring is 1. The largest absolute Gasteiger partial charge is 0.390 e. The Balaban J connectivity index is 1.40. The maximum absolute atomic E-state index is 14.4. The number of aliphatic hydroxyl groups excluding tert-OH is 1. The van der Waals surface area contributed by atoms with E-state index in [1.54, 1.807) is 4.68 Å². The van der Waals surface area contributed by atoms with Gasteiger partial charge >= 0.3 is 10.9 Å². The lowest BCUT2D eigenvalue weighted by Crippen LogP contribution is -2.44. The molecule has 4 N–H and O–H groups in total. The molecule has 0 saturated heterocycles. The molecule has 3 aliphatic rings. The molecule has 0 radical (unpaired) electrons. The summed E-state index contributed by atoms with van der Waals surface area (Å²) in [5.41, 5.74) is 7.86. The van der Waals surface area contributed by atoms with Crippen LogP contribution < -0.4 is 10.4 Å². The molecular weight excluding hydrogens is 506 g/mol. The lowest BCUT2D eigenvalue weighted by Gasteiger charge is -2.37. The summed E-state index contributed by atoms with van der Waals surface area (Å²) < 4.78 is 37.7. The van der Waals surface area contributed by atoms with Crippen LogP contribution in [0.1, 0.15) is 75.8 Å². The summed E-state index contributed by atoms with van der Waals surface area (Å²) >= 11 is 6.14. The average molecular weight is 536 g/mol. The van der Waals surface area contributed by atoms with Crippen LogP contribution in [0.3, 0.4) is 0 Å². The summed E-state index contributed by atoms with van der Waals surface area (Å²) in [5.74, 6) is -2.72. The Bertz CT molecular complexity index is 1370. The summed E-state index contributed by atoms with van der Waals surface area (Å²) in [5, 5.41) is 26.5. The monoisotopic (exact) mass is 535 g/mol. The quantitative estimate of drug-likeness (QED) is 0.260. The third kappa shape index (κ3) is 4.56. The van der Waals surface area contributed by atoms with Crippen LogP contribution in [-0.2, 0) is 4.74 Å². The minimum atomic E-state index is -1.27. The standard InChI is InChI=1S/C25H30ClF2N6O3/c1-12-3-2-6-25(36,11-12)37-20-8-14(7-19(20)35)33-23-21(22(29)30-24(26)31-23)34(32-33)18-10-17(28)16(27)9-15(18)13-4-5-13/h9-10,12-14,19-20,35-36H,2-8,11H2,1H3,(H2,29,30,31)/q+1. The minimum absolute atomic E-state index is 0.0459. The smallest absolute Gasteiger partial charge is 0.330 e. The maximum atomic E-state index is 14.4. The zero-order valence-corrected chi connectivity index (χ0v) is 21.2. The highest BCUT2D eigenvalue weighted by atomic mass is 35.5. The molecule has 3 saturated carbocycles. The van der Waals surface area contributed by atoms with Gasteiger partial charge in [-0.15, -0.1) is 9.36 Å². The first-order chi connectivity index (χ1) is 17.6. The molecule has 3 aliphatic carbocycles. The summed E-state index contributed by atoms with van der Waals surface area (Å²) in [6.45, 7) is 2.08. The van der Waals surface area contributed by atoms with E-state index in [9.17, 15) is 19.0 Å². The van der Waals surface area contributed by atoms with Gasteiger partial charge in [-0.2, -0.15) is 4.98 Å². The second-order valence-electron chi connectivity index (χ2n) is 10.9. The van der Waals surface area contributed by atoms with Crippen molar-refractivity contribution in [3.8, 4) is 5.69 Å². The second-order valence-corrected chi connectivity index (χ2v) is 11.2. The van der Waals surface area contributed by atoms with E-state index < -0.39 is 29.6 Å². The minimum Gasteiger partial charge on any atom is -0.390 e. The molecule has 3 fully saturated rings. The van der Waals surface area contributed by atoms with Crippen molar-refractivity contribution >= 4 is 28.6 Å². The molecular formula is C25H30ClF2N6O3+. The predicted molar refractivity (Wildman–Crippen MR) is 130 cm³/mol. The van der Waals surface area contributed by atoms with Gasteiger partial charge < -0.3 is 20.7 Å². The molecule has 5 unspecified atom stereocenters. The lowest BCUT2D eigenvalue weighted by atomic mass is 9.86. The van der Waals surface area contributed by atoms with Gasteiger partial charge in [0.25, 0.3) is 0 Å². The van der Waals surface area contributed by atoms with Crippen molar-refractivity contribution in [3.05, 3.63) is 34.6 Å². The summed E-state index contributed by atoms with van der Waals surface area (Å²) in [7, 11) is 0. The first kappa shape index (κ1) is 24.8. The molecule has 0 aliphatic heterocycles. The number of nitrogens with two attached hydrogens (primary N) is 1. The number of benzene rings is 1. The van der Waals surface area contributed by atoms with E-state index >= 15 is 0 Å². The molecule has 12 heteroatoms. The highest BCUT2D eigenvalue weighted by Gasteiger charge is 2.45. The molecule has 1 aromatic carbocycles. The van der Waals surface area contributed by atoms with Crippen LogP contribution in [0.4, 0.5) is 14.6 Å². The first-order valence-corrected chi connectivity index (χ1v) is 13.2. The van der Waals surface area contributed by atoms with Gasteiger partial charge in [0.05, 0.1) is 12.2 Å². The number of rotatable bonds is 5. The Morgan fingerprint density at radius 1 is 1.19 bits per heavy atom. The van der Waals surface area contributed by atoms with Gasteiger partial charge in [0.2, 0.25) is 5.52 Å². The Labute approximate surface area is 217 Å². The fourth-order valence-corrected chi connectivity index (χ4v) is 6.16. The molecule has 3 aromatic rings. The number of aromatic nitrogens is 5. The molecule has 5 atom stereocenters. The van der Waals surface area contributed by atoms with Crippen LogP contribution >= 0.6 is 11.6 Å². The summed E-state index contributed by atoms with van der Waals surface area (Å²) in [6, 6.07) is 1.96. The van der Waals surface area contributed by atoms with E-state index in [4.69, 9.17) is 27.3 Å². The molecule has 9 nitrogen and oxygen atoms in total. The van der Waals surface area contributed by atoms with Crippen LogP contribution in [0.25, 0.3) is 16.9 Å².